The van der Waals surface area contributed by atoms with Crippen molar-refractivity contribution in [3.63, 3.8) is 0 Å². The summed E-state index contributed by atoms with van der Waals surface area (Å²) in [6.45, 7) is 1.31. The Kier molecular flexibility index (Phi) is 4.15. The number of ether oxygens (including phenoxy) is 2. The smallest absolute Gasteiger partial charge is 0.165 e. The van der Waals surface area contributed by atoms with Gasteiger partial charge in [-0.1, -0.05) is 0 Å². The quantitative estimate of drug-likeness (QED) is 0.752. The summed E-state index contributed by atoms with van der Waals surface area (Å²) >= 11 is 0. The Morgan fingerprint density at radius 1 is 1.09 bits per heavy atom. The Hall–Kier alpha value is -2.67. The van der Waals surface area contributed by atoms with Gasteiger partial charge < -0.3 is 19.4 Å². The molecule has 3 rings (SSSR count). The van der Waals surface area contributed by atoms with Gasteiger partial charge in [-0.05, 0) is 24.3 Å². The first-order valence-corrected chi connectivity index (χ1v) is 6.87. The summed E-state index contributed by atoms with van der Waals surface area (Å²) < 4.78 is 12.2. The van der Waals surface area contributed by atoms with Gasteiger partial charge >= 0.3 is 0 Å². The minimum absolute atomic E-state index is 0.608. The summed E-state index contributed by atoms with van der Waals surface area (Å²) in [5.41, 5.74) is 2.42. The number of anilines is 2. The van der Waals surface area contributed by atoms with E-state index >= 15 is 0 Å². The first-order valence-electron chi connectivity index (χ1n) is 6.87. The molecule has 0 atom stereocenters. The van der Waals surface area contributed by atoms with Crippen LogP contribution >= 0.6 is 0 Å². The molecule has 0 fully saturated rings. The molecule has 2 aromatic heterocycles. The molecule has 3 aromatic rings. The number of hydrogen-bond acceptors (Lipinski definition) is 6. The molecule has 0 aliphatic carbocycles. The zero-order chi connectivity index (χ0) is 15.4. The minimum Gasteiger partial charge on any atom is -0.497 e. The Labute approximate surface area is 127 Å². The first-order chi connectivity index (χ1) is 10.8. The molecule has 0 spiro atoms. The van der Waals surface area contributed by atoms with Gasteiger partial charge in [0.05, 0.1) is 20.0 Å². The minimum atomic E-state index is 0.608. The van der Waals surface area contributed by atoms with E-state index in [2.05, 4.69) is 20.3 Å². The molecule has 0 unspecified atom stereocenters. The van der Waals surface area contributed by atoms with Crippen LogP contribution in [-0.4, -0.2) is 40.3 Å². The summed E-state index contributed by atoms with van der Waals surface area (Å²) in [5, 5.41) is 3.25. The highest BCUT2D eigenvalue weighted by molar-refractivity contribution is 5.85. The second-order valence-corrected chi connectivity index (χ2v) is 4.68. The van der Waals surface area contributed by atoms with Crippen molar-refractivity contribution in [1.82, 2.24) is 19.5 Å². The van der Waals surface area contributed by atoms with Crippen LogP contribution in [0.25, 0.3) is 11.2 Å². The van der Waals surface area contributed by atoms with Crippen molar-refractivity contribution in [1.29, 1.82) is 0 Å². The first kappa shape index (κ1) is 14.3. The molecule has 0 aliphatic heterocycles. The molecule has 0 radical (unpaired) electrons. The highest BCUT2D eigenvalue weighted by atomic mass is 16.5. The van der Waals surface area contributed by atoms with E-state index in [1.807, 2.05) is 28.8 Å². The van der Waals surface area contributed by atoms with Crippen molar-refractivity contribution in [3.8, 4) is 5.75 Å². The third kappa shape index (κ3) is 2.84. The van der Waals surface area contributed by atoms with Crippen LogP contribution in [0.15, 0.2) is 36.9 Å². The standard InChI is InChI=1S/C15H17N5O2/c1-21-8-7-20-10-18-13-14(16-9-17-15(13)20)19-11-3-5-12(22-2)6-4-11/h3-6,9-10H,7-8H2,1-2H3,(H,16,17,19). The van der Waals surface area contributed by atoms with Crippen LogP contribution in [0.3, 0.4) is 0 Å². The monoisotopic (exact) mass is 299 g/mol. The summed E-state index contributed by atoms with van der Waals surface area (Å²) in [6, 6.07) is 7.62. The largest absolute Gasteiger partial charge is 0.497 e. The zero-order valence-corrected chi connectivity index (χ0v) is 12.5. The molecule has 1 N–H and O–H groups in total. The van der Waals surface area contributed by atoms with Crippen molar-refractivity contribution in [2.24, 2.45) is 0 Å². The summed E-state index contributed by atoms with van der Waals surface area (Å²) in [4.78, 5) is 13.0. The molecule has 2 heterocycles. The van der Waals surface area contributed by atoms with Gasteiger partial charge in [-0.2, -0.15) is 0 Å². The molecular formula is C15H17N5O2. The van der Waals surface area contributed by atoms with E-state index in [1.54, 1.807) is 20.5 Å². The van der Waals surface area contributed by atoms with E-state index in [0.29, 0.717) is 19.0 Å². The maximum atomic E-state index is 5.15. The van der Waals surface area contributed by atoms with Gasteiger partial charge in [0, 0.05) is 19.3 Å². The van der Waals surface area contributed by atoms with E-state index in [1.165, 1.54) is 6.33 Å². The highest BCUT2D eigenvalue weighted by Gasteiger charge is 2.10. The lowest BCUT2D eigenvalue weighted by Gasteiger charge is -2.07. The van der Waals surface area contributed by atoms with Crippen LogP contribution in [0.5, 0.6) is 5.75 Å². The predicted molar refractivity (Wildman–Crippen MR) is 83.5 cm³/mol. The number of fused-ring (bicyclic) bond motifs is 1. The molecule has 0 saturated carbocycles. The molecule has 7 heteroatoms. The summed E-state index contributed by atoms with van der Waals surface area (Å²) in [6.07, 6.45) is 3.27. The molecule has 0 amide bonds. The highest BCUT2D eigenvalue weighted by Crippen LogP contribution is 2.23. The van der Waals surface area contributed by atoms with Crippen LogP contribution in [0, 0.1) is 0 Å². The third-order valence-electron chi connectivity index (χ3n) is 3.29. The number of benzene rings is 1. The normalized spacial score (nSPS) is 10.8. The molecule has 0 bridgehead atoms. The number of nitrogens with zero attached hydrogens (tertiary/aromatic N) is 4. The molecule has 7 nitrogen and oxygen atoms in total. The van der Waals surface area contributed by atoms with Gasteiger partial charge in [-0.3, -0.25) is 0 Å². The van der Waals surface area contributed by atoms with Crippen LogP contribution in [-0.2, 0) is 11.3 Å². The fraction of sp³-hybridized carbons (Fsp3) is 0.267. The van der Waals surface area contributed by atoms with Crippen molar-refractivity contribution >= 4 is 22.7 Å². The Bertz CT molecular complexity index is 754. The number of hydrogen-bond donors (Lipinski definition) is 1. The molecule has 0 aliphatic rings. The van der Waals surface area contributed by atoms with Gasteiger partial charge in [0.2, 0.25) is 0 Å². The molecule has 114 valence electrons. The number of methoxy groups -OCH3 is 2. The van der Waals surface area contributed by atoms with E-state index in [0.717, 1.165) is 22.6 Å². The average Bonchev–Trinajstić information content (AvgIpc) is 2.98. The average molecular weight is 299 g/mol. The van der Waals surface area contributed by atoms with Crippen LogP contribution in [0.2, 0.25) is 0 Å². The van der Waals surface area contributed by atoms with Crippen molar-refractivity contribution in [2.75, 3.05) is 26.1 Å². The molecular weight excluding hydrogens is 282 g/mol. The maximum absolute atomic E-state index is 5.15. The number of aromatic nitrogens is 4. The van der Waals surface area contributed by atoms with Crippen LogP contribution < -0.4 is 10.1 Å². The lowest BCUT2D eigenvalue weighted by Crippen LogP contribution is -2.04. The molecule has 22 heavy (non-hydrogen) atoms. The van der Waals surface area contributed by atoms with Crippen molar-refractivity contribution in [3.05, 3.63) is 36.9 Å². The van der Waals surface area contributed by atoms with Gasteiger partial charge in [0.25, 0.3) is 0 Å². The van der Waals surface area contributed by atoms with E-state index in [4.69, 9.17) is 9.47 Å². The number of imidazole rings is 1. The predicted octanol–water partition coefficient (Wildman–Crippen LogP) is 2.22. The second kappa shape index (κ2) is 6.40. The van der Waals surface area contributed by atoms with Gasteiger partial charge in [-0.25, -0.2) is 15.0 Å². The summed E-state index contributed by atoms with van der Waals surface area (Å²) in [5.74, 6) is 1.48. The van der Waals surface area contributed by atoms with E-state index in [-0.39, 0.29) is 0 Å². The van der Waals surface area contributed by atoms with Gasteiger partial charge in [-0.15, -0.1) is 0 Å². The summed E-state index contributed by atoms with van der Waals surface area (Å²) in [7, 11) is 3.31. The second-order valence-electron chi connectivity index (χ2n) is 4.68. The Morgan fingerprint density at radius 3 is 2.64 bits per heavy atom. The van der Waals surface area contributed by atoms with E-state index in [9.17, 15) is 0 Å². The van der Waals surface area contributed by atoms with Crippen LogP contribution in [0.1, 0.15) is 0 Å². The van der Waals surface area contributed by atoms with E-state index < -0.39 is 0 Å². The Morgan fingerprint density at radius 2 is 1.91 bits per heavy atom. The fourth-order valence-electron chi connectivity index (χ4n) is 2.14. The lowest BCUT2D eigenvalue weighted by molar-refractivity contribution is 0.188. The molecule has 0 saturated heterocycles. The Balaban J connectivity index is 1.88. The fourth-order valence-corrected chi connectivity index (χ4v) is 2.14. The topological polar surface area (TPSA) is 74.1 Å². The maximum Gasteiger partial charge on any atom is 0.165 e. The van der Waals surface area contributed by atoms with Crippen LogP contribution in [0.4, 0.5) is 11.5 Å². The SMILES string of the molecule is COCCn1cnc2c(Nc3ccc(OC)cc3)ncnc21. The lowest BCUT2D eigenvalue weighted by atomic mass is 10.3. The third-order valence-corrected chi connectivity index (χ3v) is 3.29. The number of nitrogens with one attached hydrogen (secondary N) is 1. The zero-order valence-electron chi connectivity index (χ0n) is 12.5. The van der Waals surface area contributed by atoms with Gasteiger partial charge in [0.1, 0.15) is 12.1 Å². The van der Waals surface area contributed by atoms with Gasteiger partial charge in [0.15, 0.2) is 17.0 Å². The van der Waals surface area contributed by atoms with Crippen molar-refractivity contribution < 1.29 is 9.47 Å². The van der Waals surface area contributed by atoms with Crippen molar-refractivity contribution in [2.45, 2.75) is 6.54 Å². The number of rotatable bonds is 6. The molecule has 1 aromatic carbocycles.